The summed E-state index contributed by atoms with van der Waals surface area (Å²) >= 11 is 5.75. The molecule has 1 aromatic carbocycles. The summed E-state index contributed by atoms with van der Waals surface area (Å²) in [5.41, 5.74) is 10.3. The third-order valence-electron chi connectivity index (χ3n) is 1.94. The van der Waals surface area contributed by atoms with Crippen LogP contribution >= 0.6 is 11.6 Å². The third-order valence-corrected chi connectivity index (χ3v) is 2.17. The highest BCUT2D eigenvalue weighted by atomic mass is 35.5. The van der Waals surface area contributed by atoms with Crippen molar-refractivity contribution in [2.24, 2.45) is 11.5 Å². The normalized spacial score (nSPS) is 15.0. The van der Waals surface area contributed by atoms with Gasteiger partial charge >= 0.3 is 0 Å². The van der Waals surface area contributed by atoms with Gasteiger partial charge in [-0.2, -0.15) is 0 Å². The molecule has 0 bridgehead atoms. The zero-order chi connectivity index (χ0) is 10.1. The zero-order valence-electron chi connectivity index (χ0n) is 7.25. The molecule has 0 saturated carbocycles. The summed E-state index contributed by atoms with van der Waals surface area (Å²) in [6.45, 7) is 1.56. The molecule has 0 spiro atoms. The fourth-order valence-electron chi connectivity index (χ4n) is 0.954. The molecule has 0 saturated heterocycles. The first kappa shape index (κ1) is 10.0. The van der Waals surface area contributed by atoms with E-state index in [2.05, 4.69) is 0 Å². The van der Waals surface area contributed by atoms with Crippen LogP contribution < -0.4 is 11.5 Å². The van der Waals surface area contributed by atoms with E-state index in [1.807, 2.05) is 0 Å². The van der Waals surface area contributed by atoms with Crippen molar-refractivity contribution in [2.75, 3.05) is 0 Å². The Balaban J connectivity index is 3.14. The first-order valence-corrected chi connectivity index (χ1v) is 4.17. The van der Waals surface area contributed by atoms with E-state index in [9.17, 15) is 4.79 Å². The zero-order valence-corrected chi connectivity index (χ0v) is 8.01. The van der Waals surface area contributed by atoms with Crippen LogP contribution in [0.25, 0.3) is 0 Å². The number of amides is 1. The Morgan fingerprint density at radius 1 is 1.54 bits per heavy atom. The number of nitrogens with two attached hydrogens (primary N) is 2. The predicted molar refractivity (Wildman–Crippen MR) is 52.2 cm³/mol. The Bertz CT molecular complexity index is 336. The lowest BCUT2D eigenvalue weighted by Gasteiger charge is -2.20. The van der Waals surface area contributed by atoms with Gasteiger partial charge in [0.1, 0.15) is 5.54 Å². The van der Waals surface area contributed by atoms with Crippen LogP contribution in [-0.4, -0.2) is 5.91 Å². The minimum atomic E-state index is -1.16. The summed E-state index contributed by atoms with van der Waals surface area (Å²) < 4.78 is 0. The lowest BCUT2D eigenvalue weighted by molar-refractivity contribution is -0.122. The minimum absolute atomic E-state index is 0.537. The van der Waals surface area contributed by atoms with Crippen molar-refractivity contribution in [3.63, 3.8) is 0 Å². The van der Waals surface area contributed by atoms with Crippen molar-refractivity contribution < 1.29 is 4.79 Å². The molecule has 1 amide bonds. The lowest BCUT2D eigenvalue weighted by atomic mass is 9.93. The largest absolute Gasteiger partial charge is 0.368 e. The van der Waals surface area contributed by atoms with Gasteiger partial charge < -0.3 is 11.5 Å². The molecule has 0 aliphatic carbocycles. The summed E-state index contributed by atoms with van der Waals surface area (Å²) in [5.74, 6) is -0.574. The quantitative estimate of drug-likeness (QED) is 0.745. The van der Waals surface area contributed by atoms with Crippen molar-refractivity contribution >= 4 is 17.5 Å². The molecule has 0 aliphatic rings. The Morgan fingerprint density at radius 2 is 2.15 bits per heavy atom. The second-order valence-corrected chi connectivity index (χ2v) is 3.51. The molecule has 1 aromatic rings. The van der Waals surface area contributed by atoms with Gasteiger partial charge in [-0.15, -0.1) is 0 Å². The van der Waals surface area contributed by atoms with E-state index in [0.717, 1.165) is 0 Å². The molecule has 0 radical (unpaired) electrons. The van der Waals surface area contributed by atoms with Crippen LogP contribution in [0.4, 0.5) is 0 Å². The summed E-state index contributed by atoms with van der Waals surface area (Å²) in [4.78, 5) is 11.0. The first-order valence-electron chi connectivity index (χ1n) is 3.79. The molecule has 13 heavy (non-hydrogen) atoms. The molecule has 4 heteroatoms. The van der Waals surface area contributed by atoms with Gasteiger partial charge in [-0.05, 0) is 24.6 Å². The van der Waals surface area contributed by atoms with Crippen LogP contribution in [0.3, 0.4) is 0 Å². The molecule has 0 aromatic heterocycles. The summed E-state index contributed by atoms with van der Waals surface area (Å²) in [6.07, 6.45) is 0. The van der Waals surface area contributed by atoms with Crippen LogP contribution in [0.15, 0.2) is 24.3 Å². The number of primary amides is 1. The SMILES string of the molecule is C[C@](N)(C(N)=O)c1cccc(Cl)c1. The van der Waals surface area contributed by atoms with E-state index in [4.69, 9.17) is 23.1 Å². The van der Waals surface area contributed by atoms with Crippen molar-refractivity contribution in [3.8, 4) is 0 Å². The van der Waals surface area contributed by atoms with Crippen molar-refractivity contribution in [1.82, 2.24) is 0 Å². The Morgan fingerprint density at radius 3 is 2.62 bits per heavy atom. The molecule has 4 N–H and O–H groups in total. The average molecular weight is 199 g/mol. The first-order chi connectivity index (χ1) is 5.94. The summed E-state index contributed by atoms with van der Waals surface area (Å²) in [5, 5.41) is 0.537. The molecule has 1 rings (SSSR count). The van der Waals surface area contributed by atoms with E-state index < -0.39 is 11.4 Å². The van der Waals surface area contributed by atoms with Crippen LogP contribution in [0.2, 0.25) is 5.02 Å². The third kappa shape index (κ3) is 1.99. The van der Waals surface area contributed by atoms with Crippen LogP contribution in [-0.2, 0) is 10.3 Å². The monoisotopic (exact) mass is 198 g/mol. The molecule has 3 nitrogen and oxygen atoms in total. The van der Waals surface area contributed by atoms with Gasteiger partial charge in [0, 0.05) is 5.02 Å². The molecule has 0 unspecified atom stereocenters. The van der Waals surface area contributed by atoms with Gasteiger partial charge in [0.25, 0.3) is 0 Å². The summed E-state index contributed by atoms with van der Waals surface area (Å²) in [6, 6.07) is 6.79. The number of carbonyl (C=O) groups is 1. The van der Waals surface area contributed by atoms with E-state index >= 15 is 0 Å². The Labute approximate surface area is 81.7 Å². The molecular formula is C9H11ClN2O. The number of carbonyl (C=O) groups excluding carboxylic acids is 1. The molecule has 0 fully saturated rings. The number of rotatable bonds is 2. The van der Waals surface area contributed by atoms with Gasteiger partial charge in [0.2, 0.25) is 5.91 Å². The molecule has 1 atom stereocenters. The molecule has 0 aliphatic heterocycles. The maximum absolute atomic E-state index is 11.0. The van der Waals surface area contributed by atoms with E-state index in [1.54, 1.807) is 31.2 Å². The molecule has 0 heterocycles. The predicted octanol–water partition coefficient (Wildman–Crippen LogP) is 0.999. The number of halogens is 1. The molecular weight excluding hydrogens is 188 g/mol. The van der Waals surface area contributed by atoms with E-state index in [-0.39, 0.29) is 0 Å². The van der Waals surface area contributed by atoms with Crippen molar-refractivity contribution in [1.29, 1.82) is 0 Å². The highest BCUT2D eigenvalue weighted by Gasteiger charge is 2.27. The van der Waals surface area contributed by atoms with Gasteiger partial charge in [0.05, 0.1) is 0 Å². The van der Waals surface area contributed by atoms with E-state index in [1.165, 1.54) is 0 Å². The van der Waals surface area contributed by atoms with Gasteiger partial charge in [0.15, 0.2) is 0 Å². The number of hydrogen-bond acceptors (Lipinski definition) is 2. The van der Waals surface area contributed by atoms with Crippen LogP contribution in [0.1, 0.15) is 12.5 Å². The van der Waals surface area contributed by atoms with E-state index in [0.29, 0.717) is 10.6 Å². The van der Waals surface area contributed by atoms with Crippen LogP contribution in [0, 0.1) is 0 Å². The smallest absolute Gasteiger partial charge is 0.241 e. The number of hydrogen-bond donors (Lipinski definition) is 2. The highest BCUT2D eigenvalue weighted by molar-refractivity contribution is 6.30. The number of benzene rings is 1. The average Bonchev–Trinajstić information content (AvgIpc) is 2.04. The second kappa shape index (κ2) is 3.36. The topological polar surface area (TPSA) is 69.1 Å². The van der Waals surface area contributed by atoms with Gasteiger partial charge in [-0.1, -0.05) is 23.7 Å². The van der Waals surface area contributed by atoms with Crippen LogP contribution in [0.5, 0.6) is 0 Å². The standard InChI is InChI=1S/C9H11ClN2O/c1-9(12,8(11)13)6-3-2-4-7(10)5-6/h2-5H,12H2,1H3,(H2,11,13)/t9-/m1/s1. The Kier molecular flexibility index (Phi) is 2.59. The summed E-state index contributed by atoms with van der Waals surface area (Å²) in [7, 11) is 0. The maximum Gasteiger partial charge on any atom is 0.241 e. The lowest BCUT2D eigenvalue weighted by Crippen LogP contribution is -2.46. The fraction of sp³-hybridized carbons (Fsp3) is 0.222. The van der Waals surface area contributed by atoms with Crippen molar-refractivity contribution in [2.45, 2.75) is 12.5 Å². The van der Waals surface area contributed by atoms with Gasteiger partial charge in [-0.3, -0.25) is 4.79 Å². The van der Waals surface area contributed by atoms with Gasteiger partial charge in [-0.25, -0.2) is 0 Å². The Hall–Kier alpha value is -1.06. The second-order valence-electron chi connectivity index (χ2n) is 3.08. The maximum atomic E-state index is 11.0. The van der Waals surface area contributed by atoms with Crippen molar-refractivity contribution in [3.05, 3.63) is 34.9 Å². The fourth-order valence-corrected chi connectivity index (χ4v) is 1.14. The highest BCUT2D eigenvalue weighted by Crippen LogP contribution is 2.20. The molecule has 70 valence electrons. The minimum Gasteiger partial charge on any atom is -0.368 e.